The SMILES string of the molecule is CO[C@@]1(C)OC[C@@H](C(=O)O)O[C@]1(C)OC. The number of methoxy groups -OCH3 is 2. The van der Waals surface area contributed by atoms with Gasteiger partial charge in [0, 0.05) is 14.2 Å². The van der Waals surface area contributed by atoms with Gasteiger partial charge in [-0.3, -0.25) is 0 Å². The van der Waals surface area contributed by atoms with Crippen LogP contribution in [-0.4, -0.2) is 49.6 Å². The van der Waals surface area contributed by atoms with E-state index in [0.717, 1.165) is 0 Å². The normalized spacial score (nSPS) is 41.5. The van der Waals surface area contributed by atoms with Gasteiger partial charge in [-0.05, 0) is 13.8 Å². The van der Waals surface area contributed by atoms with E-state index in [9.17, 15) is 4.79 Å². The quantitative estimate of drug-likeness (QED) is 0.733. The van der Waals surface area contributed by atoms with Gasteiger partial charge in [-0.2, -0.15) is 0 Å². The summed E-state index contributed by atoms with van der Waals surface area (Å²) < 4.78 is 20.9. The number of carboxylic acid groups (broad SMARTS) is 1. The Bertz CT molecular complexity index is 255. The van der Waals surface area contributed by atoms with E-state index >= 15 is 0 Å². The number of carboxylic acids is 1. The van der Waals surface area contributed by atoms with Crippen molar-refractivity contribution in [3.8, 4) is 0 Å². The van der Waals surface area contributed by atoms with E-state index in [2.05, 4.69) is 0 Å². The summed E-state index contributed by atoms with van der Waals surface area (Å²) in [6.07, 6.45) is -1.04. The summed E-state index contributed by atoms with van der Waals surface area (Å²) in [5, 5.41) is 8.81. The van der Waals surface area contributed by atoms with Crippen LogP contribution in [0.5, 0.6) is 0 Å². The van der Waals surface area contributed by atoms with Crippen molar-refractivity contribution < 1.29 is 28.8 Å². The number of rotatable bonds is 3. The second kappa shape index (κ2) is 4.05. The van der Waals surface area contributed by atoms with Crippen LogP contribution in [0.3, 0.4) is 0 Å². The lowest BCUT2D eigenvalue weighted by Gasteiger charge is -2.47. The van der Waals surface area contributed by atoms with Gasteiger partial charge in [0.25, 0.3) is 0 Å². The van der Waals surface area contributed by atoms with Crippen LogP contribution < -0.4 is 0 Å². The maximum Gasteiger partial charge on any atom is 0.335 e. The van der Waals surface area contributed by atoms with E-state index in [1.165, 1.54) is 14.2 Å². The largest absolute Gasteiger partial charge is 0.479 e. The van der Waals surface area contributed by atoms with Gasteiger partial charge in [0.1, 0.15) is 0 Å². The topological polar surface area (TPSA) is 74.2 Å². The van der Waals surface area contributed by atoms with Crippen LogP contribution in [0.1, 0.15) is 13.8 Å². The highest BCUT2D eigenvalue weighted by molar-refractivity contribution is 5.72. The molecule has 1 N–H and O–H groups in total. The molecule has 6 heteroatoms. The van der Waals surface area contributed by atoms with Crippen molar-refractivity contribution in [2.75, 3.05) is 20.8 Å². The third-order valence-electron chi connectivity index (χ3n) is 2.76. The number of aliphatic carboxylic acids is 1. The van der Waals surface area contributed by atoms with E-state index in [-0.39, 0.29) is 6.61 Å². The fourth-order valence-corrected chi connectivity index (χ4v) is 1.38. The zero-order chi connectivity index (χ0) is 11.7. The molecule has 0 aliphatic carbocycles. The number of ether oxygens (including phenoxy) is 4. The van der Waals surface area contributed by atoms with Crippen LogP contribution in [0, 0.1) is 0 Å². The minimum atomic E-state index is -1.25. The first-order chi connectivity index (χ1) is 6.88. The average Bonchev–Trinajstić information content (AvgIpc) is 2.22. The van der Waals surface area contributed by atoms with Crippen molar-refractivity contribution >= 4 is 5.97 Å². The molecule has 15 heavy (non-hydrogen) atoms. The molecule has 0 aromatic heterocycles. The molecule has 6 nitrogen and oxygen atoms in total. The Kier molecular flexibility index (Phi) is 3.34. The van der Waals surface area contributed by atoms with E-state index in [4.69, 9.17) is 24.1 Å². The molecule has 1 saturated heterocycles. The molecule has 0 amide bonds. The van der Waals surface area contributed by atoms with Crippen molar-refractivity contribution in [1.82, 2.24) is 0 Å². The Balaban J connectivity index is 2.88. The molecule has 0 aromatic carbocycles. The van der Waals surface area contributed by atoms with Crippen molar-refractivity contribution in [3.63, 3.8) is 0 Å². The van der Waals surface area contributed by atoms with Crippen LogP contribution in [-0.2, 0) is 23.7 Å². The predicted molar refractivity (Wildman–Crippen MR) is 49.3 cm³/mol. The molecule has 0 bridgehead atoms. The van der Waals surface area contributed by atoms with Crippen molar-refractivity contribution in [3.05, 3.63) is 0 Å². The van der Waals surface area contributed by atoms with Crippen LogP contribution in [0.2, 0.25) is 0 Å². The van der Waals surface area contributed by atoms with Crippen molar-refractivity contribution in [2.45, 2.75) is 31.5 Å². The minimum absolute atomic E-state index is 0.0708. The molecule has 1 aliphatic rings. The second-order valence-electron chi connectivity index (χ2n) is 3.56. The first-order valence-corrected chi connectivity index (χ1v) is 4.53. The molecule has 0 radical (unpaired) electrons. The van der Waals surface area contributed by atoms with Gasteiger partial charge in [0.2, 0.25) is 11.6 Å². The lowest BCUT2D eigenvalue weighted by molar-refractivity contribution is -0.426. The lowest BCUT2D eigenvalue weighted by atomic mass is 10.1. The fraction of sp³-hybridized carbons (Fsp3) is 0.889. The third-order valence-corrected chi connectivity index (χ3v) is 2.76. The minimum Gasteiger partial charge on any atom is -0.479 e. The molecule has 0 unspecified atom stereocenters. The molecule has 88 valence electrons. The molecule has 3 atom stereocenters. The Morgan fingerprint density at radius 2 is 1.87 bits per heavy atom. The highest BCUT2D eigenvalue weighted by Gasteiger charge is 2.54. The van der Waals surface area contributed by atoms with Crippen LogP contribution >= 0.6 is 0 Å². The van der Waals surface area contributed by atoms with Gasteiger partial charge >= 0.3 is 5.97 Å². The standard InChI is InChI=1S/C9H16O6/c1-8(12-3)9(2,13-4)15-6(5-14-8)7(10)11/h6H,5H2,1-4H3,(H,10,11)/t6-,8-,9-/m0/s1. The van der Waals surface area contributed by atoms with E-state index in [1.54, 1.807) is 13.8 Å². The molecule has 0 aromatic rings. The third kappa shape index (κ3) is 1.98. The second-order valence-corrected chi connectivity index (χ2v) is 3.56. The van der Waals surface area contributed by atoms with Gasteiger partial charge in [-0.25, -0.2) is 4.79 Å². The Hall–Kier alpha value is -0.690. The predicted octanol–water partition coefficient (Wildman–Crippen LogP) is 0.212. The van der Waals surface area contributed by atoms with E-state index < -0.39 is 23.6 Å². The molecule has 1 aliphatic heterocycles. The van der Waals surface area contributed by atoms with Gasteiger partial charge in [-0.1, -0.05) is 0 Å². The zero-order valence-electron chi connectivity index (χ0n) is 9.27. The average molecular weight is 220 g/mol. The van der Waals surface area contributed by atoms with Crippen LogP contribution in [0.25, 0.3) is 0 Å². The first-order valence-electron chi connectivity index (χ1n) is 4.53. The monoisotopic (exact) mass is 220 g/mol. The maximum absolute atomic E-state index is 10.8. The summed E-state index contributed by atoms with van der Waals surface area (Å²) in [4.78, 5) is 10.8. The van der Waals surface area contributed by atoms with Crippen molar-refractivity contribution in [2.24, 2.45) is 0 Å². The zero-order valence-corrected chi connectivity index (χ0v) is 9.27. The molecule has 1 heterocycles. The highest BCUT2D eigenvalue weighted by Crippen LogP contribution is 2.36. The summed E-state index contributed by atoms with van der Waals surface area (Å²) in [5.74, 6) is -3.45. The van der Waals surface area contributed by atoms with Gasteiger partial charge in [0.15, 0.2) is 6.10 Å². The van der Waals surface area contributed by atoms with Crippen LogP contribution in [0.4, 0.5) is 0 Å². The Morgan fingerprint density at radius 1 is 1.33 bits per heavy atom. The molecule has 1 rings (SSSR count). The number of hydrogen-bond donors (Lipinski definition) is 1. The fourth-order valence-electron chi connectivity index (χ4n) is 1.38. The Morgan fingerprint density at radius 3 is 2.27 bits per heavy atom. The Labute approximate surface area is 88.1 Å². The lowest BCUT2D eigenvalue weighted by Crippen LogP contribution is -2.63. The molecule has 0 saturated carbocycles. The summed E-state index contributed by atoms with van der Waals surface area (Å²) >= 11 is 0. The first kappa shape index (κ1) is 12.4. The molecule has 0 spiro atoms. The summed E-state index contributed by atoms with van der Waals surface area (Å²) in [5.41, 5.74) is 0. The summed E-state index contributed by atoms with van der Waals surface area (Å²) in [7, 11) is 2.85. The summed E-state index contributed by atoms with van der Waals surface area (Å²) in [6, 6.07) is 0. The van der Waals surface area contributed by atoms with E-state index in [0.29, 0.717) is 0 Å². The molecular formula is C9H16O6. The number of hydrogen-bond acceptors (Lipinski definition) is 5. The highest BCUT2D eigenvalue weighted by atomic mass is 16.8. The van der Waals surface area contributed by atoms with E-state index in [1.807, 2.05) is 0 Å². The molecular weight excluding hydrogens is 204 g/mol. The molecule has 1 fully saturated rings. The van der Waals surface area contributed by atoms with Gasteiger partial charge < -0.3 is 24.1 Å². The maximum atomic E-state index is 10.8. The van der Waals surface area contributed by atoms with Gasteiger partial charge in [-0.15, -0.1) is 0 Å². The smallest absolute Gasteiger partial charge is 0.335 e. The van der Waals surface area contributed by atoms with Gasteiger partial charge in [0.05, 0.1) is 6.61 Å². The van der Waals surface area contributed by atoms with Crippen molar-refractivity contribution in [1.29, 1.82) is 0 Å². The van der Waals surface area contributed by atoms with Crippen LogP contribution in [0.15, 0.2) is 0 Å². The number of carbonyl (C=O) groups is 1. The summed E-state index contributed by atoms with van der Waals surface area (Å²) in [6.45, 7) is 3.14.